The van der Waals surface area contributed by atoms with Gasteiger partial charge >= 0.3 is 0 Å². The van der Waals surface area contributed by atoms with E-state index in [0.29, 0.717) is 5.75 Å². The number of rotatable bonds is 9. The maximum Gasteiger partial charge on any atom is 0.124 e. The molecule has 5 rings (SSSR count). The zero-order valence-corrected chi connectivity index (χ0v) is 30.7. The quantitative estimate of drug-likeness (QED) is 0.329. The Balaban J connectivity index is 1.41. The Morgan fingerprint density at radius 3 is 1.31 bits per heavy atom. The van der Waals surface area contributed by atoms with Crippen molar-refractivity contribution >= 4 is 12.2 Å². The van der Waals surface area contributed by atoms with E-state index in [2.05, 4.69) is 106 Å². The predicted molar refractivity (Wildman–Crippen MR) is 203 cm³/mol. The summed E-state index contributed by atoms with van der Waals surface area (Å²) in [5, 5.41) is 11.8. The first kappa shape index (κ1) is 36.8. The molecule has 9 nitrogen and oxygen atoms in total. The molecule has 2 aliphatic rings. The van der Waals surface area contributed by atoms with E-state index in [1.165, 1.54) is 0 Å². The molecule has 266 valence electrons. The summed E-state index contributed by atoms with van der Waals surface area (Å²) in [5.74, 6) is 1.99. The first-order valence-corrected chi connectivity index (χ1v) is 17.7. The molecule has 49 heavy (non-hydrogen) atoms. The fraction of sp³-hybridized carbons (Fsp3) is 0.500. The normalized spacial score (nSPS) is 19.1. The van der Waals surface area contributed by atoms with Gasteiger partial charge in [-0.1, -0.05) is 36.4 Å². The summed E-state index contributed by atoms with van der Waals surface area (Å²) >= 11 is 0. The molecule has 0 atom stereocenters. The van der Waals surface area contributed by atoms with Crippen LogP contribution in [0.25, 0.3) is 23.3 Å². The molecule has 0 bridgehead atoms. The van der Waals surface area contributed by atoms with Gasteiger partial charge in [0, 0.05) is 109 Å². The smallest absolute Gasteiger partial charge is 0.124 e. The third kappa shape index (κ3) is 11.0. The van der Waals surface area contributed by atoms with E-state index in [0.717, 1.165) is 137 Å². The standard InChI is InChI=1S/C40H58N6O3/c1-41-13-14-42(2)18-22-45(21-17-41)30-36-25-33(26-37(40(36)47)31-46-23-19-43(3)15-16-44(4)20-24-46)8-7-32-9-11-34(12-10-32)35-27-38(48-5)29-39(28-35)49-6/h7-12,25-29,47H,13-24,30-31H2,1-6H3/b8-7+. The van der Waals surface area contributed by atoms with Gasteiger partial charge in [0.05, 0.1) is 14.2 Å². The Kier molecular flexibility index (Phi) is 13.5. The van der Waals surface area contributed by atoms with Gasteiger partial charge in [-0.3, -0.25) is 9.80 Å². The molecule has 3 aromatic carbocycles. The molecule has 0 unspecified atom stereocenters. The van der Waals surface area contributed by atoms with Crippen LogP contribution in [0.3, 0.4) is 0 Å². The average molecular weight is 671 g/mol. The van der Waals surface area contributed by atoms with Crippen molar-refractivity contribution in [1.82, 2.24) is 29.4 Å². The minimum Gasteiger partial charge on any atom is -0.507 e. The van der Waals surface area contributed by atoms with E-state index in [1.807, 2.05) is 18.2 Å². The molecule has 0 aliphatic carbocycles. The van der Waals surface area contributed by atoms with Crippen LogP contribution in [0.1, 0.15) is 22.3 Å². The maximum atomic E-state index is 11.8. The van der Waals surface area contributed by atoms with Crippen molar-refractivity contribution < 1.29 is 14.6 Å². The first-order valence-electron chi connectivity index (χ1n) is 17.7. The van der Waals surface area contributed by atoms with Gasteiger partial charge in [0.1, 0.15) is 17.2 Å². The molecule has 2 aliphatic heterocycles. The number of benzene rings is 3. The third-order valence-corrected chi connectivity index (χ3v) is 10.1. The van der Waals surface area contributed by atoms with Crippen LogP contribution in [0.4, 0.5) is 0 Å². The molecule has 3 aromatic rings. The molecule has 0 amide bonds. The summed E-state index contributed by atoms with van der Waals surface area (Å²) in [6.07, 6.45) is 4.36. The molecule has 2 saturated heterocycles. The Hall–Kier alpha value is -3.44. The van der Waals surface area contributed by atoms with Crippen molar-refractivity contribution in [1.29, 1.82) is 0 Å². The van der Waals surface area contributed by atoms with Crippen LogP contribution < -0.4 is 9.47 Å². The summed E-state index contributed by atoms with van der Waals surface area (Å²) in [6.45, 7) is 13.8. The summed E-state index contributed by atoms with van der Waals surface area (Å²) in [6, 6.07) is 18.9. The lowest BCUT2D eigenvalue weighted by molar-refractivity contribution is 0.220. The summed E-state index contributed by atoms with van der Waals surface area (Å²) in [5.41, 5.74) is 6.39. The number of nitrogens with zero attached hydrogens (tertiary/aromatic N) is 6. The largest absolute Gasteiger partial charge is 0.507 e. The van der Waals surface area contributed by atoms with Gasteiger partial charge in [-0.05, 0) is 74.7 Å². The first-order chi connectivity index (χ1) is 23.7. The highest BCUT2D eigenvalue weighted by atomic mass is 16.5. The lowest BCUT2D eigenvalue weighted by atomic mass is 10.0. The Labute approximate surface area is 294 Å². The molecule has 1 N–H and O–H groups in total. The maximum absolute atomic E-state index is 11.8. The Morgan fingerprint density at radius 1 is 0.510 bits per heavy atom. The zero-order valence-electron chi connectivity index (χ0n) is 30.7. The van der Waals surface area contributed by atoms with E-state index >= 15 is 0 Å². The van der Waals surface area contributed by atoms with Crippen molar-refractivity contribution in [2.75, 3.05) is 121 Å². The average Bonchev–Trinajstić information content (AvgIpc) is 3.24. The summed E-state index contributed by atoms with van der Waals surface area (Å²) < 4.78 is 11.0. The molecule has 2 heterocycles. The van der Waals surface area contributed by atoms with Crippen LogP contribution in [0, 0.1) is 0 Å². The van der Waals surface area contributed by atoms with Crippen LogP contribution in [0.5, 0.6) is 17.2 Å². The highest BCUT2D eigenvalue weighted by Gasteiger charge is 2.19. The monoisotopic (exact) mass is 670 g/mol. The second kappa shape index (κ2) is 18.0. The third-order valence-electron chi connectivity index (χ3n) is 10.1. The molecule has 9 heteroatoms. The second-order valence-corrected chi connectivity index (χ2v) is 14.0. The highest BCUT2D eigenvalue weighted by molar-refractivity contribution is 5.74. The van der Waals surface area contributed by atoms with Gasteiger partial charge in [-0.25, -0.2) is 0 Å². The van der Waals surface area contributed by atoms with Crippen LogP contribution in [0.15, 0.2) is 54.6 Å². The van der Waals surface area contributed by atoms with Crippen LogP contribution in [-0.2, 0) is 13.1 Å². The SMILES string of the molecule is COc1cc(OC)cc(-c2ccc(/C=C/c3cc(CN4CCN(C)CCN(C)CC4)c(O)c(CN4CCN(C)CCN(C)CC4)c3)cc2)c1. The highest BCUT2D eigenvalue weighted by Crippen LogP contribution is 2.31. The predicted octanol–water partition coefficient (Wildman–Crippen LogP) is 4.61. The number of hydrogen-bond acceptors (Lipinski definition) is 9. The summed E-state index contributed by atoms with van der Waals surface area (Å²) in [7, 11) is 12.2. The van der Waals surface area contributed by atoms with Gasteiger partial charge in [-0.15, -0.1) is 0 Å². The van der Waals surface area contributed by atoms with Crippen LogP contribution >= 0.6 is 0 Å². The topological polar surface area (TPSA) is 58.1 Å². The number of aromatic hydroxyl groups is 1. The Morgan fingerprint density at radius 2 is 0.898 bits per heavy atom. The van der Waals surface area contributed by atoms with Crippen molar-refractivity contribution in [3.8, 4) is 28.4 Å². The molecular formula is C40H58N6O3. The number of ether oxygens (including phenoxy) is 2. The van der Waals surface area contributed by atoms with Crippen LogP contribution in [0.2, 0.25) is 0 Å². The fourth-order valence-corrected chi connectivity index (χ4v) is 6.48. The summed E-state index contributed by atoms with van der Waals surface area (Å²) in [4.78, 5) is 14.6. The van der Waals surface area contributed by atoms with Crippen LogP contribution in [-0.4, -0.2) is 155 Å². The van der Waals surface area contributed by atoms with Gasteiger partial charge in [0.25, 0.3) is 0 Å². The minimum atomic E-state index is 0.443. The van der Waals surface area contributed by atoms with Crippen molar-refractivity contribution in [3.05, 3.63) is 76.9 Å². The minimum absolute atomic E-state index is 0.443. The molecular weight excluding hydrogens is 612 g/mol. The lowest BCUT2D eigenvalue weighted by Gasteiger charge is -2.27. The number of phenols is 1. The van der Waals surface area contributed by atoms with E-state index in [1.54, 1.807) is 14.2 Å². The lowest BCUT2D eigenvalue weighted by Crippen LogP contribution is -2.35. The molecule has 0 radical (unpaired) electrons. The van der Waals surface area contributed by atoms with Crippen molar-refractivity contribution in [3.63, 3.8) is 0 Å². The zero-order chi connectivity index (χ0) is 34.8. The number of hydrogen-bond donors (Lipinski definition) is 1. The molecule has 0 saturated carbocycles. The van der Waals surface area contributed by atoms with E-state index in [9.17, 15) is 5.11 Å². The van der Waals surface area contributed by atoms with Crippen molar-refractivity contribution in [2.45, 2.75) is 13.1 Å². The van der Waals surface area contributed by atoms with Gasteiger partial charge in [0.2, 0.25) is 0 Å². The van der Waals surface area contributed by atoms with E-state index < -0.39 is 0 Å². The van der Waals surface area contributed by atoms with Gasteiger partial charge < -0.3 is 34.2 Å². The Bertz CT molecular complexity index is 1410. The van der Waals surface area contributed by atoms with Crippen molar-refractivity contribution in [2.24, 2.45) is 0 Å². The fourth-order valence-electron chi connectivity index (χ4n) is 6.48. The molecule has 2 fully saturated rings. The van der Waals surface area contributed by atoms with Gasteiger partial charge in [0.15, 0.2) is 0 Å². The molecule has 0 spiro atoms. The number of phenolic OH excluding ortho intramolecular Hbond substituents is 1. The number of likely N-dealkylation sites (N-methyl/N-ethyl adjacent to an activating group) is 4. The second-order valence-electron chi connectivity index (χ2n) is 14.0. The van der Waals surface area contributed by atoms with E-state index in [-0.39, 0.29) is 0 Å². The number of methoxy groups -OCH3 is 2. The van der Waals surface area contributed by atoms with E-state index in [4.69, 9.17) is 9.47 Å². The molecule has 0 aromatic heterocycles. The van der Waals surface area contributed by atoms with Gasteiger partial charge in [-0.2, -0.15) is 0 Å².